The number of piperidine rings is 3. The van der Waals surface area contributed by atoms with Crippen molar-refractivity contribution in [2.45, 2.75) is 88.8 Å². The summed E-state index contributed by atoms with van der Waals surface area (Å²) in [5, 5.41) is 3.40. The van der Waals surface area contributed by atoms with Crippen LogP contribution >= 0.6 is 0 Å². The normalized spacial score (nSPS) is 38.2. The Hall–Kier alpha value is -1.03. The molecule has 0 unspecified atom stereocenters. The van der Waals surface area contributed by atoms with E-state index >= 15 is 0 Å². The first-order valence-electron chi connectivity index (χ1n) is 11.3. The fraction of sp³-hybridized carbons (Fsp3) is 0.864. The maximum absolute atomic E-state index is 13.1. The van der Waals surface area contributed by atoms with Crippen molar-refractivity contribution in [3.63, 3.8) is 0 Å². The third-order valence-corrected chi connectivity index (χ3v) is 7.85. The number of amides is 2. The molecule has 4 atom stereocenters. The number of likely N-dealkylation sites (tertiary alicyclic amines) is 1. The number of nitrogens with zero attached hydrogens (tertiary/aromatic N) is 2. The number of fused-ring (bicyclic) bond motifs is 6. The van der Waals surface area contributed by atoms with Crippen LogP contribution in [0.1, 0.15) is 70.6 Å². The summed E-state index contributed by atoms with van der Waals surface area (Å²) < 4.78 is 0. The van der Waals surface area contributed by atoms with Gasteiger partial charge in [-0.05, 0) is 63.3 Å². The lowest BCUT2D eigenvalue weighted by molar-refractivity contribution is 0.00757. The highest BCUT2D eigenvalue weighted by molar-refractivity contribution is 5.75. The Morgan fingerprint density at radius 3 is 2.73 bits per heavy atom. The maximum Gasteiger partial charge on any atom is 0.318 e. The topological polar surface area (TPSA) is 35.6 Å². The van der Waals surface area contributed by atoms with Gasteiger partial charge in [0.2, 0.25) is 0 Å². The molecule has 0 aromatic heterocycles. The summed E-state index contributed by atoms with van der Waals surface area (Å²) >= 11 is 0. The molecule has 4 heteroatoms. The molecule has 4 fully saturated rings. The Balaban J connectivity index is 1.34. The molecule has 3 saturated heterocycles. The average molecular weight is 358 g/mol. The molecular weight excluding hydrogens is 322 g/mol. The van der Waals surface area contributed by atoms with Crippen LogP contribution in [-0.4, -0.2) is 53.6 Å². The lowest BCUT2D eigenvalue weighted by atomic mass is 9.68. The van der Waals surface area contributed by atoms with Crippen LogP contribution in [-0.2, 0) is 0 Å². The molecule has 0 aromatic rings. The van der Waals surface area contributed by atoms with E-state index in [0.29, 0.717) is 18.0 Å². The van der Waals surface area contributed by atoms with Gasteiger partial charge >= 0.3 is 6.03 Å². The van der Waals surface area contributed by atoms with Gasteiger partial charge in [0.25, 0.3) is 0 Å². The fourth-order valence-corrected chi connectivity index (χ4v) is 6.71. The van der Waals surface area contributed by atoms with Gasteiger partial charge in [-0.3, -0.25) is 4.90 Å². The van der Waals surface area contributed by atoms with Gasteiger partial charge in [-0.25, -0.2) is 4.79 Å². The Kier molecular flexibility index (Phi) is 4.72. The maximum atomic E-state index is 13.1. The molecular formula is C22H35N3O. The molecule has 2 amide bonds. The van der Waals surface area contributed by atoms with E-state index in [2.05, 4.69) is 21.2 Å². The number of hydrogen-bond acceptors (Lipinski definition) is 2. The van der Waals surface area contributed by atoms with Gasteiger partial charge < -0.3 is 10.2 Å². The molecule has 2 bridgehead atoms. The van der Waals surface area contributed by atoms with E-state index in [4.69, 9.17) is 0 Å². The molecule has 144 valence electrons. The third-order valence-electron chi connectivity index (χ3n) is 7.85. The molecule has 0 radical (unpaired) electrons. The van der Waals surface area contributed by atoms with Crippen molar-refractivity contribution in [3.8, 4) is 0 Å². The van der Waals surface area contributed by atoms with Crippen molar-refractivity contribution >= 4 is 6.03 Å². The van der Waals surface area contributed by atoms with Gasteiger partial charge in [0.1, 0.15) is 0 Å². The lowest BCUT2D eigenvalue weighted by Crippen LogP contribution is -2.61. The Bertz CT molecular complexity index is 568. The smallest absolute Gasteiger partial charge is 0.318 e. The summed E-state index contributed by atoms with van der Waals surface area (Å²) in [7, 11) is 0. The summed E-state index contributed by atoms with van der Waals surface area (Å²) in [5.41, 5.74) is 1.60. The van der Waals surface area contributed by atoms with Gasteiger partial charge in [0.05, 0.1) is 6.04 Å². The van der Waals surface area contributed by atoms with Crippen molar-refractivity contribution in [2.24, 2.45) is 11.8 Å². The highest BCUT2D eigenvalue weighted by Gasteiger charge is 2.47. The summed E-state index contributed by atoms with van der Waals surface area (Å²) in [6.45, 7) is 3.45. The van der Waals surface area contributed by atoms with E-state index in [9.17, 15) is 4.79 Å². The molecule has 0 aromatic carbocycles. The number of carbonyl (C=O) groups is 1. The molecule has 3 aliphatic heterocycles. The summed E-state index contributed by atoms with van der Waals surface area (Å²) in [4.78, 5) is 18.1. The minimum atomic E-state index is 0.228. The number of rotatable bonds is 1. The molecule has 5 rings (SSSR count). The van der Waals surface area contributed by atoms with Gasteiger partial charge in [0, 0.05) is 25.2 Å². The van der Waals surface area contributed by atoms with Gasteiger partial charge in [-0.1, -0.05) is 37.3 Å². The largest absolute Gasteiger partial charge is 0.335 e. The highest BCUT2D eigenvalue weighted by atomic mass is 16.2. The zero-order valence-corrected chi connectivity index (χ0v) is 16.2. The van der Waals surface area contributed by atoms with Crippen LogP contribution in [0.4, 0.5) is 4.79 Å². The zero-order chi connectivity index (χ0) is 17.5. The minimum Gasteiger partial charge on any atom is -0.335 e. The zero-order valence-electron chi connectivity index (χ0n) is 16.2. The predicted octanol–water partition coefficient (Wildman–Crippen LogP) is 3.92. The summed E-state index contributed by atoms with van der Waals surface area (Å²) in [6, 6.07) is 1.82. The third kappa shape index (κ3) is 3.08. The van der Waals surface area contributed by atoms with Gasteiger partial charge in [0.15, 0.2) is 0 Å². The van der Waals surface area contributed by atoms with E-state index in [1.807, 2.05) is 0 Å². The second-order valence-corrected chi connectivity index (χ2v) is 9.49. The lowest BCUT2D eigenvalue weighted by Gasteiger charge is -2.54. The van der Waals surface area contributed by atoms with Crippen LogP contribution in [0, 0.1) is 11.8 Å². The van der Waals surface area contributed by atoms with E-state index in [0.717, 1.165) is 24.9 Å². The quantitative estimate of drug-likeness (QED) is 0.722. The Labute approximate surface area is 158 Å². The molecule has 5 aliphatic rings. The first-order valence-corrected chi connectivity index (χ1v) is 11.3. The standard InChI is InChI=1S/C22H35N3O/c26-22(23-19-8-2-1-3-9-19)25-12-6-7-16-13-17-14-18(21(16)25)15-24-11-5-4-10-20(17)24/h13,17-21H,1-12,14-15H2,(H,23,26)/t17-,18+,20+,21+/m0/s1. The summed E-state index contributed by atoms with van der Waals surface area (Å²) in [6.07, 6.45) is 16.7. The van der Waals surface area contributed by atoms with Crippen molar-refractivity contribution in [1.82, 2.24) is 15.1 Å². The van der Waals surface area contributed by atoms with Crippen molar-refractivity contribution in [3.05, 3.63) is 11.6 Å². The van der Waals surface area contributed by atoms with Crippen LogP contribution in [0.3, 0.4) is 0 Å². The van der Waals surface area contributed by atoms with Crippen molar-refractivity contribution in [1.29, 1.82) is 0 Å². The van der Waals surface area contributed by atoms with Crippen LogP contribution in [0.15, 0.2) is 11.6 Å². The number of nitrogens with one attached hydrogen (secondary N) is 1. The summed E-state index contributed by atoms with van der Waals surface area (Å²) in [5.74, 6) is 1.41. The molecule has 26 heavy (non-hydrogen) atoms. The number of hydrogen-bond donors (Lipinski definition) is 1. The van der Waals surface area contributed by atoms with E-state index in [1.54, 1.807) is 5.57 Å². The second kappa shape index (κ2) is 7.18. The van der Waals surface area contributed by atoms with Crippen LogP contribution in [0.5, 0.6) is 0 Å². The van der Waals surface area contributed by atoms with Crippen LogP contribution < -0.4 is 5.32 Å². The first-order chi connectivity index (χ1) is 12.8. The molecule has 0 spiro atoms. The highest BCUT2D eigenvalue weighted by Crippen LogP contribution is 2.45. The van der Waals surface area contributed by atoms with E-state index in [-0.39, 0.29) is 6.03 Å². The number of carbonyl (C=O) groups excluding carboxylic acids is 1. The van der Waals surface area contributed by atoms with Gasteiger partial charge in [-0.2, -0.15) is 0 Å². The molecule has 1 N–H and O–H groups in total. The predicted molar refractivity (Wildman–Crippen MR) is 104 cm³/mol. The minimum absolute atomic E-state index is 0.228. The Morgan fingerprint density at radius 1 is 1.00 bits per heavy atom. The molecule has 4 nitrogen and oxygen atoms in total. The monoisotopic (exact) mass is 357 g/mol. The molecule has 2 aliphatic carbocycles. The van der Waals surface area contributed by atoms with Crippen LogP contribution in [0.2, 0.25) is 0 Å². The number of urea groups is 1. The van der Waals surface area contributed by atoms with Gasteiger partial charge in [-0.15, -0.1) is 0 Å². The fourth-order valence-electron chi connectivity index (χ4n) is 6.71. The SMILES string of the molecule is O=C(NC1CCCCC1)N1CCCC2=C[C@H]3C[C@H](CN4CCCC[C@H]34)[C@@H]21. The van der Waals surface area contributed by atoms with Crippen molar-refractivity contribution < 1.29 is 4.79 Å². The molecule has 3 heterocycles. The van der Waals surface area contributed by atoms with Crippen LogP contribution in [0.25, 0.3) is 0 Å². The molecule has 1 saturated carbocycles. The van der Waals surface area contributed by atoms with E-state index < -0.39 is 0 Å². The average Bonchev–Trinajstić information content (AvgIpc) is 2.68. The Morgan fingerprint density at radius 2 is 1.85 bits per heavy atom. The van der Waals surface area contributed by atoms with E-state index in [1.165, 1.54) is 77.3 Å². The second-order valence-electron chi connectivity index (χ2n) is 9.49. The first kappa shape index (κ1) is 17.1. The van der Waals surface area contributed by atoms with Crippen molar-refractivity contribution in [2.75, 3.05) is 19.6 Å².